The van der Waals surface area contributed by atoms with Gasteiger partial charge in [0.2, 0.25) is 0 Å². The second-order valence-electron chi connectivity index (χ2n) is 7.49. The Balaban J connectivity index is 1.92. The van der Waals surface area contributed by atoms with Crippen molar-refractivity contribution in [2.24, 2.45) is 0 Å². The predicted octanol–water partition coefficient (Wildman–Crippen LogP) is 5.26. The van der Waals surface area contributed by atoms with E-state index in [1.54, 1.807) is 4.90 Å². The largest absolute Gasteiger partial charge is 0.494 e. The van der Waals surface area contributed by atoms with Crippen LogP contribution in [0.2, 0.25) is 0 Å². The zero-order chi connectivity index (χ0) is 19.4. The van der Waals surface area contributed by atoms with Crippen molar-refractivity contribution in [2.75, 3.05) is 13.2 Å². The van der Waals surface area contributed by atoms with E-state index < -0.39 is 17.3 Å². The van der Waals surface area contributed by atoms with Crippen LogP contribution in [0.5, 0.6) is 5.75 Å². The number of ether oxygens (including phenoxy) is 2. The van der Waals surface area contributed by atoms with Crippen LogP contribution in [0, 0.1) is 0 Å². The van der Waals surface area contributed by atoms with Gasteiger partial charge in [0, 0.05) is 19.0 Å². The van der Waals surface area contributed by atoms with E-state index in [0.29, 0.717) is 13.0 Å². The molecular weight excluding hydrogens is 347 g/mol. The predicted molar refractivity (Wildman–Crippen MR) is 92.1 cm³/mol. The summed E-state index contributed by atoms with van der Waals surface area (Å²) >= 11 is 0. The number of hydrogen-bond acceptors (Lipinski definition) is 3. The number of piperidine rings is 1. The molecule has 7 heteroatoms. The van der Waals surface area contributed by atoms with Crippen molar-refractivity contribution >= 4 is 6.09 Å². The summed E-state index contributed by atoms with van der Waals surface area (Å²) in [7, 11) is 0. The number of rotatable bonds is 4. The number of benzene rings is 1. The molecule has 0 radical (unpaired) electrons. The van der Waals surface area contributed by atoms with Crippen molar-refractivity contribution in [3.8, 4) is 5.75 Å². The number of alkyl halides is 3. The first-order chi connectivity index (χ1) is 12.1. The maximum atomic E-state index is 12.7. The molecule has 1 saturated heterocycles. The minimum Gasteiger partial charge on any atom is -0.494 e. The Kier molecular flexibility index (Phi) is 6.42. The lowest BCUT2D eigenvalue weighted by molar-refractivity contribution is -0.137. The van der Waals surface area contributed by atoms with E-state index in [1.807, 2.05) is 20.8 Å². The van der Waals surface area contributed by atoms with E-state index in [1.165, 1.54) is 12.1 Å². The van der Waals surface area contributed by atoms with Crippen molar-refractivity contribution in [3.63, 3.8) is 0 Å². The van der Waals surface area contributed by atoms with Gasteiger partial charge < -0.3 is 14.4 Å². The highest BCUT2D eigenvalue weighted by Gasteiger charge is 2.31. The number of amides is 1. The lowest BCUT2D eigenvalue weighted by Crippen LogP contribution is -2.46. The van der Waals surface area contributed by atoms with E-state index >= 15 is 0 Å². The minimum atomic E-state index is -4.39. The molecule has 26 heavy (non-hydrogen) atoms. The van der Waals surface area contributed by atoms with Gasteiger partial charge in [-0.2, -0.15) is 13.2 Å². The second-order valence-corrected chi connectivity index (χ2v) is 7.49. The first-order valence-corrected chi connectivity index (χ1v) is 8.86. The first kappa shape index (κ1) is 20.4. The van der Waals surface area contributed by atoms with Crippen LogP contribution in [-0.4, -0.2) is 35.8 Å². The highest BCUT2D eigenvalue weighted by atomic mass is 19.4. The maximum Gasteiger partial charge on any atom is 0.416 e. The van der Waals surface area contributed by atoms with Crippen molar-refractivity contribution < 1.29 is 27.4 Å². The van der Waals surface area contributed by atoms with Gasteiger partial charge in [-0.1, -0.05) is 6.07 Å². The molecule has 4 nitrogen and oxygen atoms in total. The summed E-state index contributed by atoms with van der Waals surface area (Å²) in [5.41, 5.74) is -1.30. The average Bonchev–Trinajstić information content (AvgIpc) is 2.53. The van der Waals surface area contributed by atoms with Crippen LogP contribution in [0.25, 0.3) is 0 Å². The summed E-state index contributed by atoms with van der Waals surface area (Å²) in [4.78, 5) is 14.1. The number of halogens is 3. The van der Waals surface area contributed by atoms with Gasteiger partial charge in [0.15, 0.2) is 0 Å². The van der Waals surface area contributed by atoms with Crippen LogP contribution in [0.3, 0.4) is 0 Å². The summed E-state index contributed by atoms with van der Waals surface area (Å²) in [5, 5.41) is 0. The van der Waals surface area contributed by atoms with Crippen molar-refractivity contribution in [1.82, 2.24) is 4.90 Å². The molecule has 1 atom stereocenters. The third kappa shape index (κ3) is 6.11. The van der Waals surface area contributed by atoms with Gasteiger partial charge in [-0.3, -0.25) is 0 Å². The van der Waals surface area contributed by atoms with Gasteiger partial charge in [-0.05, 0) is 58.2 Å². The van der Waals surface area contributed by atoms with Gasteiger partial charge in [0.25, 0.3) is 0 Å². The van der Waals surface area contributed by atoms with Crippen LogP contribution >= 0.6 is 0 Å². The topological polar surface area (TPSA) is 38.8 Å². The Labute approximate surface area is 152 Å². The molecule has 1 aliphatic rings. The molecule has 1 aromatic rings. The van der Waals surface area contributed by atoms with Crippen LogP contribution in [-0.2, 0) is 10.9 Å². The Bertz CT molecular complexity index is 611. The summed E-state index contributed by atoms with van der Waals surface area (Å²) in [6, 6.07) is 4.81. The van der Waals surface area contributed by atoms with Crippen LogP contribution in [0.15, 0.2) is 24.3 Å². The van der Waals surface area contributed by atoms with Crippen LogP contribution in [0.1, 0.15) is 52.0 Å². The Morgan fingerprint density at radius 3 is 2.62 bits per heavy atom. The molecule has 1 fully saturated rings. The molecule has 0 bridgehead atoms. The fourth-order valence-electron chi connectivity index (χ4n) is 2.94. The fourth-order valence-corrected chi connectivity index (χ4v) is 2.94. The zero-order valence-corrected chi connectivity index (χ0v) is 15.4. The second kappa shape index (κ2) is 8.18. The molecule has 146 valence electrons. The molecule has 2 rings (SSSR count). The summed E-state index contributed by atoms with van der Waals surface area (Å²) in [5.74, 6) is 0.180. The Hall–Kier alpha value is -1.92. The Morgan fingerprint density at radius 1 is 1.23 bits per heavy atom. The highest BCUT2D eigenvalue weighted by Crippen LogP contribution is 2.31. The van der Waals surface area contributed by atoms with Gasteiger partial charge in [-0.15, -0.1) is 0 Å². The molecule has 0 aromatic heterocycles. The monoisotopic (exact) mass is 373 g/mol. The van der Waals surface area contributed by atoms with E-state index in [-0.39, 0.29) is 24.5 Å². The van der Waals surface area contributed by atoms with Gasteiger partial charge in [-0.25, -0.2) is 4.79 Å². The van der Waals surface area contributed by atoms with Crippen LogP contribution in [0.4, 0.5) is 18.0 Å². The molecular formula is C19H26F3NO3. The molecule has 1 heterocycles. The van der Waals surface area contributed by atoms with Crippen molar-refractivity contribution in [2.45, 2.75) is 64.3 Å². The molecule has 0 N–H and O–H groups in total. The summed E-state index contributed by atoms with van der Waals surface area (Å²) < 4.78 is 49.2. The van der Waals surface area contributed by atoms with E-state index in [4.69, 9.17) is 9.47 Å². The normalized spacial score (nSPS) is 18.5. The smallest absolute Gasteiger partial charge is 0.416 e. The molecule has 0 aliphatic carbocycles. The van der Waals surface area contributed by atoms with Gasteiger partial charge >= 0.3 is 12.3 Å². The summed E-state index contributed by atoms with van der Waals surface area (Å²) in [6.07, 6.45) is -1.42. The highest BCUT2D eigenvalue weighted by molar-refractivity contribution is 5.68. The molecule has 0 spiro atoms. The standard InChI is InChI=1S/C19H26F3NO3/c1-18(2,3)26-17(24)23-11-5-4-8-15(23)10-12-25-16-9-6-7-14(13-16)19(20,21)22/h6-7,9,13,15H,4-5,8,10-12H2,1-3H3/t15-/m1/s1. The minimum absolute atomic E-state index is 0.0237. The van der Waals surface area contributed by atoms with Gasteiger partial charge in [0.1, 0.15) is 11.4 Å². The zero-order valence-electron chi connectivity index (χ0n) is 15.4. The van der Waals surface area contributed by atoms with E-state index in [9.17, 15) is 18.0 Å². The van der Waals surface area contributed by atoms with Crippen molar-refractivity contribution in [1.29, 1.82) is 0 Å². The average molecular weight is 373 g/mol. The lowest BCUT2D eigenvalue weighted by Gasteiger charge is -2.36. The number of likely N-dealkylation sites (tertiary alicyclic amines) is 1. The number of carbonyl (C=O) groups excluding carboxylic acids is 1. The van der Waals surface area contributed by atoms with Gasteiger partial charge in [0.05, 0.1) is 12.2 Å². The molecule has 1 aliphatic heterocycles. The van der Waals surface area contributed by atoms with Crippen molar-refractivity contribution in [3.05, 3.63) is 29.8 Å². The molecule has 1 amide bonds. The number of nitrogens with zero attached hydrogens (tertiary/aromatic N) is 1. The first-order valence-electron chi connectivity index (χ1n) is 8.86. The van der Waals surface area contributed by atoms with E-state index in [0.717, 1.165) is 31.4 Å². The maximum absolute atomic E-state index is 12.7. The quantitative estimate of drug-likeness (QED) is 0.722. The number of hydrogen-bond donors (Lipinski definition) is 0. The molecule has 0 unspecified atom stereocenters. The fraction of sp³-hybridized carbons (Fsp3) is 0.632. The van der Waals surface area contributed by atoms with Crippen LogP contribution < -0.4 is 4.74 Å². The SMILES string of the molecule is CC(C)(C)OC(=O)N1CCCC[C@@H]1CCOc1cccc(C(F)(F)F)c1. The molecule has 0 saturated carbocycles. The summed E-state index contributed by atoms with van der Waals surface area (Å²) in [6.45, 7) is 6.33. The Morgan fingerprint density at radius 2 is 1.96 bits per heavy atom. The number of carbonyl (C=O) groups is 1. The molecule has 1 aromatic carbocycles. The lowest BCUT2D eigenvalue weighted by atomic mass is 10.0. The third-order valence-electron chi connectivity index (χ3n) is 4.14. The third-order valence-corrected chi connectivity index (χ3v) is 4.14. The van der Waals surface area contributed by atoms with E-state index in [2.05, 4.69) is 0 Å².